The van der Waals surface area contributed by atoms with Gasteiger partial charge in [-0.3, -0.25) is 0 Å². The van der Waals surface area contributed by atoms with Gasteiger partial charge in [0.05, 0.1) is 12.7 Å². The Kier molecular flexibility index (Phi) is 13.9. The van der Waals surface area contributed by atoms with E-state index in [9.17, 15) is 0 Å². The number of methoxy groups -OCH3 is 1. The van der Waals surface area contributed by atoms with Crippen LogP contribution in [-0.2, 0) is 9.47 Å². The Labute approximate surface area is 108 Å². The summed E-state index contributed by atoms with van der Waals surface area (Å²) in [4.78, 5) is 0. The molecule has 0 amide bonds. The average Bonchev–Trinajstić information content (AvgIpc) is 2.35. The standard InChI is InChI=1S/C15H31O2/c1-4-5-6-7-8-9-10-11-12-13-17-14-15(2)16-3/h15H,2,4-14H2,1,3H3. The fourth-order valence-corrected chi connectivity index (χ4v) is 1.80. The normalized spacial score (nSPS) is 12.9. The molecule has 0 aliphatic heterocycles. The van der Waals surface area contributed by atoms with E-state index >= 15 is 0 Å². The molecule has 0 aliphatic rings. The zero-order chi connectivity index (χ0) is 12.8. The summed E-state index contributed by atoms with van der Waals surface area (Å²) in [5.74, 6) is 0. The Hall–Kier alpha value is -0.0800. The largest absolute Gasteiger partial charge is 0.379 e. The van der Waals surface area contributed by atoms with Crippen molar-refractivity contribution in [3.05, 3.63) is 6.92 Å². The summed E-state index contributed by atoms with van der Waals surface area (Å²) < 4.78 is 10.5. The zero-order valence-electron chi connectivity index (χ0n) is 11.9. The van der Waals surface area contributed by atoms with Crippen LogP contribution in [0.25, 0.3) is 0 Å². The highest BCUT2D eigenvalue weighted by Gasteiger charge is 1.98. The van der Waals surface area contributed by atoms with Gasteiger partial charge in [-0.05, 0) is 13.3 Å². The minimum absolute atomic E-state index is 0.0198. The Morgan fingerprint density at radius 3 is 1.94 bits per heavy atom. The highest BCUT2D eigenvalue weighted by atomic mass is 16.5. The van der Waals surface area contributed by atoms with Crippen LogP contribution in [0, 0.1) is 6.92 Å². The molecule has 103 valence electrons. The Morgan fingerprint density at radius 1 is 0.882 bits per heavy atom. The van der Waals surface area contributed by atoms with Crippen LogP contribution in [0.4, 0.5) is 0 Å². The van der Waals surface area contributed by atoms with E-state index in [4.69, 9.17) is 9.47 Å². The van der Waals surface area contributed by atoms with Gasteiger partial charge in [-0.15, -0.1) is 0 Å². The minimum Gasteiger partial charge on any atom is -0.379 e. The van der Waals surface area contributed by atoms with Crippen molar-refractivity contribution in [3.8, 4) is 0 Å². The first kappa shape index (κ1) is 16.9. The quantitative estimate of drug-likeness (QED) is 0.447. The van der Waals surface area contributed by atoms with E-state index in [-0.39, 0.29) is 6.10 Å². The lowest BCUT2D eigenvalue weighted by Gasteiger charge is -2.09. The van der Waals surface area contributed by atoms with Crippen LogP contribution in [-0.4, -0.2) is 26.4 Å². The molecule has 2 heteroatoms. The van der Waals surface area contributed by atoms with E-state index in [0.717, 1.165) is 6.61 Å². The molecule has 0 fully saturated rings. The maximum Gasteiger partial charge on any atom is 0.0805 e. The van der Waals surface area contributed by atoms with Crippen molar-refractivity contribution in [1.82, 2.24) is 0 Å². The van der Waals surface area contributed by atoms with Crippen molar-refractivity contribution >= 4 is 0 Å². The van der Waals surface area contributed by atoms with Gasteiger partial charge in [-0.2, -0.15) is 0 Å². The summed E-state index contributed by atoms with van der Waals surface area (Å²) in [6.07, 6.45) is 12.2. The van der Waals surface area contributed by atoms with Gasteiger partial charge >= 0.3 is 0 Å². The molecule has 0 heterocycles. The first-order valence-corrected chi connectivity index (χ1v) is 7.24. The molecule has 0 aliphatic carbocycles. The van der Waals surface area contributed by atoms with E-state index in [1.807, 2.05) is 0 Å². The third-order valence-corrected chi connectivity index (χ3v) is 3.03. The van der Waals surface area contributed by atoms with Crippen LogP contribution in [0.3, 0.4) is 0 Å². The summed E-state index contributed by atoms with van der Waals surface area (Å²) in [6.45, 7) is 7.53. The molecule has 2 nitrogen and oxygen atoms in total. The molecule has 0 rings (SSSR count). The molecule has 0 saturated heterocycles. The first-order valence-electron chi connectivity index (χ1n) is 7.24. The lowest BCUT2D eigenvalue weighted by Crippen LogP contribution is -2.14. The summed E-state index contributed by atoms with van der Waals surface area (Å²) >= 11 is 0. The van der Waals surface area contributed by atoms with Gasteiger partial charge in [-0.1, -0.05) is 58.3 Å². The summed E-state index contributed by atoms with van der Waals surface area (Å²) in [7, 11) is 1.67. The van der Waals surface area contributed by atoms with Gasteiger partial charge in [0.15, 0.2) is 0 Å². The number of rotatable bonds is 13. The van der Waals surface area contributed by atoms with Gasteiger partial charge in [-0.25, -0.2) is 0 Å². The summed E-state index contributed by atoms with van der Waals surface area (Å²) in [5, 5.41) is 0. The van der Waals surface area contributed by atoms with Crippen LogP contribution in [0.1, 0.15) is 64.7 Å². The van der Waals surface area contributed by atoms with Crippen LogP contribution in [0.5, 0.6) is 0 Å². The molecule has 0 bridgehead atoms. The molecular formula is C15H31O2. The van der Waals surface area contributed by atoms with Crippen molar-refractivity contribution in [2.24, 2.45) is 0 Å². The highest BCUT2D eigenvalue weighted by molar-refractivity contribution is 4.56. The van der Waals surface area contributed by atoms with Gasteiger partial charge in [0.2, 0.25) is 0 Å². The molecule has 0 aromatic heterocycles. The predicted molar refractivity (Wildman–Crippen MR) is 74.2 cm³/mol. The number of ether oxygens (including phenoxy) is 2. The lowest BCUT2D eigenvalue weighted by molar-refractivity contribution is 0.0303. The second kappa shape index (κ2) is 14.0. The fourth-order valence-electron chi connectivity index (χ4n) is 1.80. The van der Waals surface area contributed by atoms with E-state index in [1.165, 1.54) is 57.8 Å². The van der Waals surface area contributed by atoms with Crippen LogP contribution < -0.4 is 0 Å². The molecule has 1 radical (unpaired) electrons. The summed E-state index contributed by atoms with van der Waals surface area (Å²) in [5.41, 5.74) is 0. The van der Waals surface area contributed by atoms with Crippen LogP contribution >= 0.6 is 0 Å². The lowest BCUT2D eigenvalue weighted by atomic mass is 10.1. The maximum atomic E-state index is 5.46. The Bertz CT molecular complexity index is 137. The molecule has 0 aromatic rings. The second-order valence-corrected chi connectivity index (χ2v) is 4.76. The van der Waals surface area contributed by atoms with Gasteiger partial charge in [0.1, 0.15) is 0 Å². The fraction of sp³-hybridized carbons (Fsp3) is 0.933. The SMILES string of the molecule is [CH2]C(COCCCCCCCCCCC)OC. The van der Waals surface area contributed by atoms with Crippen molar-refractivity contribution in [3.63, 3.8) is 0 Å². The van der Waals surface area contributed by atoms with Crippen molar-refractivity contribution in [2.75, 3.05) is 20.3 Å². The summed E-state index contributed by atoms with van der Waals surface area (Å²) in [6, 6.07) is 0. The highest BCUT2D eigenvalue weighted by Crippen LogP contribution is 2.09. The topological polar surface area (TPSA) is 18.5 Å². The molecular weight excluding hydrogens is 212 g/mol. The van der Waals surface area contributed by atoms with Gasteiger partial charge < -0.3 is 9.47 Å². The van der Waals surface area contributed by atoms with Crippen LogP contribution in [0.2, 0.25) is 0 Å². The smallest absolute Gasteiger partial charge is 0.0805 e. The monoisotopic (exact) mass is 243 g/mol. The number of hydrogen-bond donors (Lipinski definition) is 0. The molecule has 0 saturated carbocycles. The van der Waals surface area contributed by atoms with Crippen molar-refractivity contribution < 1.29 is 9.47 Å². The maximum absolute atomic E-state index is 5.46. The molecule has 17 heavy (non-hydrogen) atoms. The van der Waals surface area contributed by atoms with Crippen LogP contribution in [0.15, 0.2) is 0 Å². The zero-order valence-corrected chi connectivity index (χ0v) is 11.9. The Balaban J connectivity index is 2.94. The van der Waals surface area contributed by atoms with E-state index in [0.29, 0.717) is 6.61 Å². The second-order valence-electron chi connectivity index (χ2n) is 4.76. The van der Waals surface area contributed by atoms with E-state index in [2.05, 4.69) is 13.8 Å². The van der Waals surface area contributed by atoms with Crippen molar-refractivity contribution in [1.29, 1.82) is 0 Å². The van der Waals surface area contributed by atoms with Gasteiger partial charge in [0, 0.05) is 13.7 Å². The molecule has 1 unspecified atom stereocenters. The van der Waals surface area contributed by atoms with E-state index in [1.54, 1.807) is 7.11 Å². The Morgan fingerprint density at radius 2 is 1.41 bits per heavy atom. The first-order chi connectivity index (χ1) is 8.31. The van der Waals surface area contributed by atoms with E-state index < -0.39 is 0 Å². The molecule has 0 spiro atoms. The molecule has 1 atom stereocenters. The third kappa shape index (κ3) is 13.9. The molecule has 0 aromatic carbocycles. The number of hydrogen-bond acceptors (Lipinski definition) is 2. The van der Waals surface area contributed by atoms with Crippen molar-refractivity contribution in [2.45, 2.75) is 70.8 Å². The third-order valence-electron chi connectivity index (χ3n) is 3.03. The minimum atomic E-state index is -0.0198. The predicted octanol–water partition coefficient (Wildman–Crippen LogP) is 4.38. The van der Waals surface area contributed by atoms with Gasteiger partial charge in [0.25, 0.3) is 0 Å². The molecule has 0 N–H and O–H groups in total. The average molecular weight is 243 g/mol. The number of unbranched alkanes of at least 4 members (excludes halogenated alkanes) is 8.